The van der Waals surface area contributed by atoms with Crippen LogP contribution in [-0.4, -0.2) is 49.2 Å². The topological polar surface area (TPSA) is 80.8 Å². The van der Waals surface area contributed by atoms with Crippen molar-refractivity contribution in [2.24, 2.45) is 5.92 Å². The van der Waals surface area contributed by atoms with Crippen LogP contribution in [0.3, 0.4) is 0 Å². The van der Waals surface area contributed by atoms with Crippen molar-refractivity contribution in [3.05, 3.63) is 58.8 Å². The Morgan fingerprint density at radius 2 is 1.91 bits per heavy atom. The van der Waals surface area contributed by atoms with Crippen LogP contribution < -0.4 is 4.74 Å². The SMILES string of the molecule is Cc1c(OCc2ccccc2C#N)ccc2c(CCC3CCN(CC4OCCO4)CC3)noc12. The highest BCUT2D eigenvalue weighted by atomic mass is 16.7. The molecule has 2 aliphatic rings. The van der Waals surface area contributed by atoms with E-state index in [1.165, 1.54) is 12.8 Å². The summed E-state index contributed by atoms with van der Waals surface area (Å²) in [4.78, 5) is 2.46. The number of ether oxygens (including phenoxy) is 3. The fourth-order valence-corrected chi connectivity index (χ4v) is 4.94. The largest absolute Gasteiger partial charge is 0.488 e. The Kier molecular flexibility index (Phi) is 7.10. The molecule has 178 valence electrons. The number of benzene rings is 2. The lowest BCUT2D eigenvalue weighted by molar-refractivity contribution is -0.0661. The van der Waals surface area contributed by atoms with Crippen molar-refractivity contribution in [3.63, 3.8) is 0 Å². The van der Waals surface area contributed by atoms with E-state index in [4.69, 9.17) is 18.7 Å². The second-order valence-corrected chi connectivity index (χ2v) is 9.21. The van der Waals surface area contributed by atoms with Gasteiger partial charge in [0, 0.05) is 23.1 Å². The Morgan fingerprint density at radius 3 is 2.71 bits per heavy atom. The third kappa shape index (κ3) is 5.10. The standard InChI is InChI=1S/C27H31N3O4/c1-19-25(33-18-22-5-3-2-4-21(22)16-28)9-7-23-24(29-34-27(19)23)8-6-20-10-12-30(13-11-20)17-26-31-14-15-32-26/h2-5,7,9,20,26H,6,8,10-15,17-18H2,1H3. The highest BCUT2D eigenvalue weighted by Gasteiger charge is 2.25. The van der Waals surface area contributed by atoms with Crippen molar-refractivity contribution in [2.45, 2.75) is 45.5 Å². The maximum Gasteiger partial charge on any atom is 0.173 e. The molecular formula is C27H31N3O4. The summed E-state index contributed by atoms with van der Waals surface area (Å²) in [7, 11) is 0. The third-order valence-corrected chi connectivity index (χ3v) is 7.03. The molecule has 1 aromatic heterocycles. The van der Waals surface area contributed by atoms with Gasteiger partial charge in [0.05, 0.1) is 30.5 Å². The Hall–Kier alpha value is -2.92. The van der Waals surface area contributed by atoms with Crippen LogP contribution in [-0.2, 0) is 22.5 Å². The fraction of sp³-hybridized carbons (Fsp3) is 0.481. The Bertz CT molecular complexity index is 1150. The van der Waals surface area contributed by atoms with Crippen LogP contribution in [0.5, 0.6) is 5.75 Å². The minimum absolute atomic E-state index is 0.0451. The van der Waals surface area contributed by atoms with Gasteiger partial charge in [0.15, 0.2) is 11.9 Å². The zero-order valence-electron chi connectivity index (χ0n) is 19.7. The predicted octanol–water partition coefficient (Wildman–Crippen LogP) is 4.60. The third-order valence-electron chi connectivity index (χ3n) is 7.03. The van der Waals surface area contributed by atoms with Gasteiger partial charge >= 0.3 is 0 Å². The van der Waals surface area contributed by atoms with Crippen LogP contribution in [0.1, 0.15) is 41.6 Å². The number of likely N-dealkylation sites (tertiary alicyclic amines) is 1. The first-order valence-electron chi connectivity index (χ1n) is 12.2. The van der Waals surface area contributed by atoms with E-state index in [0.717, 1.165) is 79.2 Å². The minimum atomic E-state index is -0.0451. The summed E-state index contributed by atoms with van der Waals surface area (Å²) in [6.07, 6.45) is 4.39. The van der Waals surface area contributed by atoms with Crippen molar-refractivity contribution in [1.29, 1.82) is 5.26 Å². The van der Waals surface area contributed by atoms with Gasteiger partial charge in [0.2, 0.25) is 0 Å². The summed E-state index contributed by atoms with van der Waals surface area (Å²) >= 11 is 0. The first-order valence-corrected chi connectivity index (χ1v) is 12.2. The van der Waals surface area contributed by atoms with E-state index in [1.54, 1.807) is 6.07 Å². The Labute approximate surface area is 200 Å². The van der Waals surface area contributed by atoms with E-state index in [-0.39, 0.29) is 6.29 Å². The van der Waals surface area contributed by atoms with Gasteiger partial charge < -0.3 is 18.7 Å². The number of aryl methyl sites for hydroxylation is 2. The van der Waals surface area contributed by atoms with Crippen LogP contribution in [0, 0.1) is 24.2 Å². The molecule has 0 radical (unpaired) electrons. The average Bonchev–Trinajstić information content (AvgIpc) is 3.54. The molecule has 0 amide bonds. The Morgan fingerprint density at radius 1 is 1.12 bits per heavy atom. The van der Waals surface area contributed by atoms with Crippen LogP contribution in [0.4, 0.5) is 0 Å². The zero-order valence-corrected chi connectivity index (χ0v) is 19.7. The number of rotatable bonds is 8. The Balaban J connectivity index is 1.16. The van der Waals surface area contributed by atoms with Gasteiger partial charge in [-0.15, -0.1) is 0 Å². The lowest BCUT2D eigenvalue weighted by Gasteiger charge is -2.32. The molecule has 0 unspecified atom stereocenters. The van der Waals surface area contributed by atoms with Crippen molar-refractivity contribution < 1.29 is 18.7 Å². The van der Waals surface area contributed by atoms with Gasteiger partial charge in [0.25, 0.3) is 0 Å². The summed E-state index contributed by atoms with van der Waals surface area (Å²) in [5, 5.41) is 14.7. The molecule has 34 heavy (non-hydrogen) atoms. The molecule has 2 aliphatic heterocycles. The summed E-state index contributed by atoms with van der Waals surface area (Å²) < 4.78 is 22.9. The monoisotopic (exact) mass is 461 g/mol. The molecule has 0 aliphatic carbocycles. The molecule has 7 heteroatoms. The molecule has 0 N–H and O–H groups in total. The number of nitrogens with zero attached hydrogens (tertiary/aromatic N) is 3. The first-order chi connectivity index (χ1) is 16.7. The summed E-state index contributed by atoms with van der Waals surface area (Å²) in [6.45, 7) is 6.85. The number of piperidine rings is 1. The van der Waals surface area contributed by atoms with E-state index in [0.29, 0.717) is 18.1 Å². The summed E-state index contributed by atoms with van der Waals surface area (Å²) in [5.41, 5.74) is 4.25. The van der Waals surface area contributed by atoms with Gasteiger partial charge in [-0.25, -0.2) is 0 Å². The maximum absolute atomic E-state index is 9.29. The van der Waals surface area contributed by atoms with Crippen molar-refractivity contribution in [2.75, 3.05) is 32.8 Å². The highest BCUT2D eigenvalue weighted by molar-refractivity contribution is 5.84. The minimum Gasteiger partial charge on any atom is -0.488 e. The van der Waals surface area contributed by atoms with Crippen LogP contribution in [0.25, 0.3) is 11.0 Å². The molecule has 0 spiro atoms. The second-order valence-electron chi connectivity index (χ2n) is 9.21. The molecule has 0 bridgehead atoms. The predicted molar refractivity (Wildman–Crippen MR) is 127 cm³/mol. The lowest BCUT2D eigenvalue weighted by Crippen LogP contribution is -2.39. The normalized spacial score (nSPS) is 17.9. The fourth-order valence-electron chi connectivity index (χ4n) is 4.94. The molecular weight excluding hydrogens is 430 g/mol. The maximum atomic E-state index is 9.29. The van der Waals surface area contributed by atoms with Crippen LogP contribution in [0.2, 0.25) is 0 Å². The van der Waals surface area contributed by atoms with Gasteiger partial charge in [-0.1, -0.05) is 23.4 Å². The quantitative estimate of drug-likeness (QED) is 0.485. The van der Waals surface area contributed by atoms with Gasteiger partial charge in [0.1, 0.15) is 12.4 Å². The van der Waals surface area contributed by atoms with Gasteiger partial charge in [-0.05, 0) is 69.8 Å². The first kappa shape index (κ1) is 22.9. The van der Waals surface area contributed by atoms with E-state index in [9.17, 15) is 5.26 Å². The summed E-state index contributed by atoms with van der Waals surface area (Å²) in [6, 6.07) is 13.7. The number of nitriles is 1. The average molecular weight is 462 g/mol. The number of hydrogen-bond acceptors (Lipinski definition) is 7. The molecule has 7 nitrogen and oxygen atoms in total. The molecule has 2 aromatic carbocycles. The van der Waals surface area contributed by atoms with Gasteiger partial charge in [-0.2, -0.15) is 5.26 Å². The smallest absolute Gasteiger partial charge is 0.173 e. The second kappa shape index (κ2) is 10.6. The van der Waals surface area contributed by atoms with E-state index in [2.05, 4.69) is 16.1 Å². The molecule has 0 saturated carbocycles. The molecule has 2 saturated heterocycles. The zero-order chi connectivity index (χ0) is 23.3. The number of aromatic nitrogens is 1. The van der Waals surface area contributed by atoms with Crippen molar-refractivity contribution in [3.8, 4) is 11.8 Å². The van der Waals surface area contributed by atoms with Crippen molar-refractivity contribution >= 4 is 11.0 Å². The number of fused-ring (bicyclic) bond motifs is 1. The molecule has 3 aromatic rings. The van der Waals surface area contributed by atoms with Gasteiger partial charge in [-0.3, -0.25) is 4.90 Å². The highest BCUT2D eigenvalue weighted by Crippen LogP contribution is 2.32. The molecule has 3 heterocycles. The lowest BCUT2D eigenvalue weighted by atomic mass is 9.91. The molecule has 5 rings (SSSR count). The van der Waals surface area contributed by atoms with E-state index >= 15 is 0 Å². The van der Waals surface area contributed by atoms with Crippen molar-refractivity contribution in [1.82, 2.24) is 10.1 Å². The number of hydrogen-bond donors (Lipinski definition) is 0. The molecule has 0 atom stereocenters. The van der Waals surface area contributed by atoms with Crippen LogP contribution >= 0.6 is 0 Å². The van der Waals surface area contributed by atoms with E-state index in [1.807, 2.05) is 37.3 Å². The summed E-state index contributed by atoms with van der Waals surface area (Å²) in [5.74, 6) is 1.46. The van der Waals surface area contributed by atoms with E-state index < -0.39 is 0 Å². The molecule has 2 fully saturated rings. The van der Waals surface area contributed by atoms with Crippen LogP contribution in [0.15, 0.2) is 40.9 Å².